The molecule has 0 aliphatic carbocycles. The first kappa shape index (κ1) is 17.7. The molecule has 0 saturated heterocycles. The van der Waals surface area contributed by atoms with Gasteiger partial charge in [-0.2, -0.15) is 0 Å². The molecule has 2 N–H and O–H groups in total. The van der Waals surface area contributed by atoms with Crippen LogP contribution in [0.15, 0.2) is 45.3 Å². The van der Waals surface area contributed by atoms with Gasteiger partial charge in [0.15, 0.2) is 11.4 Å². The number of nitrogens with zero attached hydrogens (tertiary/aromatic N) is 1. The number of hydrogen-bond acceptors (Lipinski definition) is 4. The molecule has 128 valence electrons. The molecule has 0 radical (unpaired) electrons. The number of pyridine rings is 1. The Bertz CT molecular complexity index is 974. The van der Waals surface area contributed by atoms with Crippen molar-refractivity contribution in [1.29, 1.82) is 0 Å². The Labute approximate surface area is 160 Å². The third-order valence-electron chi connectivity index (χ3n) is 3.71. The van der Waals surface area contributed by atoms with Crippen molar-refractivity contribution in [3.8, 4) is 11.5 Å². The van der Waals surface area contributed by atoms with Gasteiger partial charge in [0.05, 0.1) is 14.3 Å². The fourth-order valence-electron chi connectivity index (χ4n) is 2.54. The van der Waals surface area contributed by atoms with Crippen LogP contribution in [-0.4, -0.2) is 21.2 Å². The summed E-state index contributed by atoms with van der Waals surface area (Å²) in [6.07, 6.45) is 0. The first-order valence-corrected chi connectivity index (χ1v) is 8.90. The largest absolute Gasteiger partial charge is 0.506 e. The molecule has 5 nitrogen and oxygen atoms in total. The highest BCUT2D eigenvalue weighted by atomic mass is 79.9. The van der Waals surface area contributed by atoms with Crippen LogP contribution in [0.3, 0.4) is 0 Å². The minimum Gasteiger partial charge on any atom is -0.506 e. The Kier molecular flexibility index (Phi) is 4.96. The highest BCUT2D eigenvalue weighted by Crippen LogP contribution is 2.43. The number of carbonyl (C=O) groups is 1. The predicted molar refractivity (Wildman–Crippen MR) is 101 cm³/mol. The third-order valence-corrected chi connectivity index (χ3v) is 5.05. The molecule has 0 amide bonds. The van der Waals surface area contributed by atoms with Crippen molar-refractivity contribution < 1.29 is 19.7 Å². The lowest BCUT2D eigenvalue weighted by Crippen LogP contribution is -2.05. The Morgan fingerprint density at radius 1 is 1.24 bits per heavy atom. The summed E-state index contributed by atoms with van der Waals surface area (Å²) in [5.74, 6) is -1.03. The second-order valence-corrected chi connectivity index (χ2v) is 7.08. The van der Waals surface area contributed by atoms with Crippen LogP contribution in [-0.2, 0) is 6.61 Å². The van der Waals surface area contributed by atoms with Gasteiger partial charge < -0.3 is 14.9 Å². The van der Waals surface area contributed by atoms with Crippen molar-refractivity contribution in [1.82, 2.24) is 4.98 Å². The Hall–Kier alpha value is -2.12. The summed E-state index contributed by atoms with van der Waals surface area (Å²) in [5.41, 5.74) is 1.73. The van der Waals surface area contributed by atoms with Gasteiger partial charge in [-0.25, -0.2) is 9.78 Å². The molecule has 3 aromatic rings. The Balaban J connectivity index is 2.18. The van der Waals surface area contributed by atoms with Gasteiger partial charge in [0.25, 0.3) is 0 Å². The van der Waals surface area contributed by atoms with E-state index in [-0.39, 0.29) is 15.9 Å². The fraction of sp³-hybridized carbons (Fsp3) is 0.111. The number of halogens is 2. The first-order valence-electron chi connectivity index (χ1n) is 7.31. The van der Waals surface area contributed by atoms with Crippen molar-refractivity contribution in [2.24, 2.45) is 0 Å². The van der Waals surface area contributed by atoms with Crippen LogP contribution >= 0.6 is 31.9 Å². The van der Waals surface area contributed by atoms with Gasteiger partial charge in [0.2, 0.25) is 0 Å². The third kappa shape index (κ3) is 3.34. The molecule has 7 heteroatoms. The Morgan fingerprint density at radius 2 is 1.92 bits per heavy atom. The minimum absolute atomic E-state index is 0.0481. The summed E-state index contributed by atoms with van der Waals surface area (Å²) in [6, 6.07) is 11.4. The van der Waals surface area contributed by atoms with Crippen LogP contribution in [0.5, 0.6) is 11.5 Å². The van der Waals surface area contributed by atoms with E-state index in [0.717, 1.165) is 11.1 Å². The van der Waals surface area contributed by atoms with Gasteiger partial charge in [-0.1, -0.05) is 30.3 Å². The molecule has 0 spiro atoms. The summed E-state index contributed by atoms with van der Waals surface area (Å²) in [5, 5.41) is 20.2. The molecule has 1 heterocycles. The number of aryl methyl sites for hydroxylation is 1. The average molecular weight is 467 g/mol. The summed E-state index contributed by atoms with van der Waals surface area (Å²) in [4.78, 5) is 15.6. The van der Waals surface area contributed by atoms with E-state index in [4.69, 9.17) is 4.74 Å². The van der Waals surface area contributed by atoms with Gasteiger partial charge in [-0.15, -0.1) is 0 Å². The topological polar surface area (TPSA) is 79.7 Å². The molecule has 0 fully saturated rings. The lowest BCUT2D eigenvalue weighted by Gasteiger charge is -2.15. The molecule has 0 atom stereocenters. The van der Waals surface area contributed by atoms with Crippen LogP contribution in [0.4, 0.5) is 0 Å². The summed E-state index contributed by atoms with van der Waals surface area (Å²) in [6.45, 7) is 2.10. The van der Waals surface area contributed by atoms with Gasteiger partial charge in [-0.05, 0) is 56.0 Å². The maximum absolute atomic E-state index is 11.4. The molecule has 0 aliphatic rings. The number of carboxylic acid groups (broad SMARTS) is 1. The second kappa shape index (κ2) is 7.01. The van der Waals surface area contributed by atoms with E-state index in [9.17, 15) is 15.0 Å². The molecule has 0 unspecified atom stereocenters. The molecule has 0 aliphatic heterocycles. The molecule has 25 heavy (non-hydrogen) atoms. The van der Waals surface area contributed by atoms with Crippen LogP contribution < -0.4 is 4.74 Å². The van der Waals surface area contributed by atoms with Crippen LogP contribution in [0.25, 0.3) is 10.9 Å². The number of rotatable bonds is 4. The van der Waals surface area contributed by atoms with Crippen LogP contribution in [0.1, 0.15) is 21.6 Å². The molecule has 2 aromatic carbocycles. The number of aromatic hydroxyl groups is 1. The number of ether oxygens (including phenoxy) is 1. The standard InChI is InChI=1S/C18H13Br2NO4/c1-9-7-11(19)17(25-8-10-5-3-2-4-6-10)14-12(9)16(22)13(20)15(21-14)18(23)24/h2-7H,8H2,1H3,(H,21,22)(H,23,24). The zero-order valence-corrected chi connectivity index (χ0v) is 16.3. The zero-order chi connectivity index (χ0) is 18.1. The van der Waals surface area contributed by atoms with Gasteiger partial charge in [0, 0.05) is 0 Å². The van der Waals surface area contributed by atoms with Crippen molar-refractivity contribution in [3.63, 3.8) is 0 Å². The SMILES string of the molecule is Cc1cc(Br)c(OCc2ccccc2)c2nc(C(=O)O)c(Br)c(O)c12. The maximum Gasteiger partial charge on any atom is 0.355 e. The second-order valence-electron chi connectivity index (χ2n) is 5.43. The highest BCUT2D eigenvalue weighted by Gasteiger charge is 2.22. The lowest BCUT2D eigenvalue weighted by atomic mass is 10.1. The van der Waals surface area contributed by atoms with Crippen LogP contribution in [0, 0.1) is 6.92 Å². The van der Waals surface area contributed by atoms with E-state index in [1.54, 1.807) is 6.07 Å². The predicted octanol–water partition coefficient (Wildman–Crippen LogP) is 5.05. The van der Waals surface area contributed by atoms with Crippen molar-refractivity contribution in [3.05, 3.63) is 62.2 Å². The number of carboxylic acids is 1. The smallest absolute Gasteiger partial charge is 0.355 e. The molecule has 1 aromatic heterocycles. The molecule has 3 rings (SSSR count). The van der Waals surface area contributed by atoms with Crippen LogP contribution in [0.2, 0.25) is 0 Å². The average Bonchev–Trinajstić information content (AvgIpc) is 2.57. The Morgan fingerprint density at radius 3 is 2.56 bits per heavy atom. The van der Waals surface area contributed by atoms with Crippen molar-refractivity contribution >= 4 is 48.7 Å². The van der Waals surface area contributed by atoms with E-state index in [2.05, 4.69) is 36.8 Å². The van der Waals surface area contributed by atoms with E-state index in [1.807, 2.05) is 37.3 Å². The fourth-order valence-corrected chi connectivity index (χ4v) is 3.64. The molecule has 0 saturated carbocycles. The molecular formula is C18H13Br2NO4. The van der Waals surface area contributed by atoms with Gasteiger partial charge in [-0.3, -0.25) is 0 Å². The summed E-state index contributed by atoms with van der Waals surface area (Å²) >= 11 is 6.55. The zero-order valence-electron chi connectivity index (χ0n) is 13.1. The minimum atomic E-state index is -1.24. The van der Waals surface area contributed by atoms with Gasteiger partial charge >= 0.3 is 5.97 Å². The first-order chi connectivity index (χ1) is 11.9. The normalized spacial score (nSPS) is 10.8. The van der Waals surface area contributed by atoms with E-state index in [1.165, 1.54) is 0 Å². The van der Waals surface area contributed by atoms with Gasteiger partial charge in [0.1, 0.15) is 17.9 Å². The lowest BCUT2D eigenvalue weighted by molar-refractivity contribution is 0.0689. The number of fused-ring (bicyclic) bond motifs is 1. The number of hydrogen-bond donors (Lipinski definition) is 2. The number of aromatic carboxylic acids is 1. The highest BCUT2D eigenvalue weighted by molar-refractivity contribution is 9.11. The molecule has 0 bridgehead atoms. The van der Waals surface area contributed by atoms with Crippen molar-refractivity contribution in [2.45, 2.75) is 13.5 Å². The summed E-state index contributed by atoms with van der Waals surface area (Å²) in [7, 11) is 0. The van der Waals surface area contributed by atoms with E-state index >= 15 is 0 Å². The number of benzene rings is 2. The van der Waals surface area contributed by atoms with Crippen molar-refractivity contribution in [2.75, 3.05) is 0 Å². The monoisotopic (exact) mass is 465 g/mol. The van der Waals surface area contributed by atoms with E-state index < -0.39 is 5.97 Å². The molecular weight excluding hydrogens is 454 g/mol. The maximum atomic E-state index is 11.4. The summed E-state index contributed by atoms with van der Waals surface area (Å²) < 4.78 is 6.58. The quantitative estimate of drug-likeness (QED) is 0.562. The number of aromatic nitrogens is 1. The van der Waals surface area contributed by atoms with E-state index in [0.29, 0.717) is 27.7 Å².